The van der Waals surface area contributed by atoms with Crippen molar-refractivity contribution in [3.8, 4) is 23.9 Å². The molecule has 4 aromatic rings. The Morgan fingerprint density at radius 2 is 0.902 bits per heavy atom. The van der Waals surface area contributed by atoms with Crippen LogP contribution in [0.25, 0.3) is 0 Å². The number of benzene rings is 2. The van der Waals surface area contributed by atoms with Crippen molar-refractivity contribution in [3.05, 3.63) is 103 Å². The molecule has 0 amide bonds. The van der Waals surface area contributed by atoms with Crippen molar-refractivity contribution >= 4 is 22.7 Å². The Morgan fingerprint density at radius 3 is 1.14 bits per heavy atom. The molecule has 275 valence electrons. The van der Waals surface area contributed by atoms with E-state index in [0.29, 0.717) is 34.3 Å². The third-order valence-electron chi connectivity index (χ3n) is 7.44. The van der Waals surface area contributed by atoms with E-state index in [2.05, 4.69) is 10.2 Å². The molecular formula is C36H46CuN8O6+2. The molecule has 0 aliphatic carbocycles. The molecule has 15 heteroatoms. The second-order valence-electron chi connectivity index (χ2n) is 10.6. The average Bonchev–Trinajstić information content (AvgIpc) is 3.12. The van der Waals surface area contributed by atoms with Crippen LogP contribution >= 0.6 is 0 Å². The molecule has 0 aliphatic rings. The van der Waals surface area contributed by atoms with E-state index in [4.69, 9.17) is 19.7 Å². The summed E-state index contributed by atoms with van der Waals surface area (Å²) in [6.45, 7) is 7.43. The molecule has 0 bridgehead atoms. The van der Waals surface area contributed by atoms with Gasteiger partial charge in [-0.25, -0.2) is 0 Å². The number of hydrogen-bond acceptors (Lipinski definition) is 10. The van der Waals surface area contributed by atoms with Gasteiger partial charge in [-0.1, -0.05) is 44.8 Å². The zero-order chi connectivity index (χ0) is 38.3. The summed E-state index contributed by atoms with van der Waals surface area (Å²) >= 11 is 0. The Morgan fingerprint density at radius 1 is 0.627 bits per heavy atom. The molecule has 51 heavy (non-hydrogen) atoms. The molecule has 0 saturated carbocycles. The van der Waals surface area contributed by atoms with Gasteiger partial charge in [0.05, 0.1) is 14.2 Å². The van der Waals surface area contributed by atoms with Crippen molar-refractivity contribution in [1.82, 2.24) is 9.13 Å². The van der Waals surface area contributed by atoms with Crippen molar-refractivity contribution in [2.75, 3.05) is 42.5 Å². The smallest absolute Gasteiger partial charge is 0.271 e. The fourth-order valence-electron chi connectivity index (χ4n) is 4.62. The molecule has 0 saturated heterocycles. The monoisotopic (exact) mass is 749 g/mol. The van der Waals surface area contributed by atoms with Gasteiger partial charge in [0.25, 0.3) is 11.1 Å². The van der Waals surface area contributed by atoms with Crippen molar-refractivity contribution < 1.29 is 46.2 Å². The Bertz CT molecular complexity index is 1900. The van der Waals surface area contributed by atoms with E-state index in [1.54, 1.807) is 51.4 Å². The second-order valence-corrected chi connectivity index (χ2v) is 10.6. The van der Waals surface area contributed by atoms with Gasteiger partial charge >= 0.3 is 0 Å². The first-order valence-corrected chi connectivity index (χ1v) is 15.1. The Balaban J connectivity index is 0.000000878. The van der Waals surface area contributed by atoms with Crippen LogP contribution in [0.2, 0.25) is 0 Å². The van der Waals surface area contributed by atoms with E-state index in [1.807, 2.05) is 74.5 Å². The van der Waals surface area contributed by atoms with Gasteiger partial charge in [0, 0.05) is 91.0 Å². The number of hydrogen-bond donors (Lipinski definition) is 2. The zero-order valence-electron chi connectivity index (χ0n) is 31.0. The molecule has 4 rings (SSSR count). The standard InChI is InChI=1S/2C17H19N4O2.2CH4O.Cu/c2*1-11-6-8-13(9-7-11)21(4)19-15-12(2)14(10-18)16(22)20(3)17(15)23-5;2*1-2;/h2*6-9H,1-5H3;2*2H,1H3;/q2*+1;;;. The number of azo groups is 4. The van der Waals surface area contributed by atoms with Crippen LogP contribution in [0.1, 0.15) is 33.4 Å². The molecular weight excluding hydrogens is 704 g/mol. The van der Waals surface area contributed by atoms with E-state index < -0.39 is 11.1 Å². The number of nitrogens with zero attached hydrogens (tertiary/aromatic N) is 8. The molecule has 14 nitrogen and oxygen atoms in total. The summed E-state index contributed by atoms with van der Waals surface area (Å²) in [5.41, 5.74) is 5.41. The van der Waals surface area contributed by atoms with Gasteiger partial charge in [0.15, 0.2) is 25.5 Å². The fraction of sp³-hybridized carbons (Fsp3) is 0.333. The van der Waals surface area contributed by atoms with Crippen LogP contribution < -0.4 is 20.6 Å². The molecule has 0 spiro atoms. The van der Waals surface area contributed by atoms with E-state index in [1.165, 1.54) is 23.4 Å². The molecule has 2 aromatic heterocycles. The molecule has 1 radical (unpaired) electrons. The number of aliphatic hydroxyl groups excluding tert-OH is 2. The van der Waals surface area contributed by atoms with E-state index in [0.717, 1.165) is 36.7 Å². The van der Waals surface area contributed by atoms with Crippen LogP contribution in [-0.2, 0) is 31.2 Å². The maximum atomic E-state index is 12.2. The second kappa shape index (κ2) is 21.6. The van der Waals surface area contributed by atoms with Gasteiger partial charge in [-0.15, -0.1) is 0 Å². The van der Waals surface area contributed by atoms with Crippen molar-refractivity contribution in [3.63, 3.8) is 0 Å². The van der Waals surface area contributed by atoms with Gasteiger partial charge in [0.2, 0.25) is 23.1 Å². The minimum absolute atomic E-state index is 0. The number of ether oxygens (including phenoxy) is 2. The van der Waals surface area contributed by atoms with Gasteiger partial charge in [0.1, 0.15) is 23.3 Å². The molecule has 0 atom stereocenters. The summed E-state index contributed by atoms with van der Waals surface area (Å²) < 4.78 is 16.6. The summed E-state index contributed by atoms with van der Waals surface area (Å²) in [6, 6.07) is 19.7. The Hall–Kier alpha value is -5.44. The number of pyridine rings is 2. The van der Waals surface area contributed by atoms with Crippen LogP contribution in [0.3, 0.4) is 0 Å². The van der Waals surface area contributed by atoms with E-state index >= 15 is 0 Å². The maximum Gasteiger partial charge on any atom is 0.271 e. The van der Waals surface area contributed by atoms with Crippen LogP contribution in [-0.4, -0.2) is 71.3 Å². The molecule has 0 aliphatic heterocycles. The van der Waals surface area contributed by atoms with Gasteiger partial charge in [-0.2, -0.15) is 10.5 Å². The quantitative estimate of drug-likeness (QED) is 0.155. The molecule has 2 heterocycles. The number of aromatic nitrogens is 2. The summed E-state index contributed by atoms with van der Waals surface area (Å²) in [6.07, 6.45) is 0. The number of nitriles is 2. The van der Waals surface area contributed by atoms with Crippen LogP contribution in [0.15, 0.2) is 68.3 Å². The molecule has 0 unspecified atom stereocenters. The number of aryl methyl sites for hydroxylation is 2. The van der Waals surface area contributed by atoms with E-state index in [-0.39, 0.29) is 28.2 Å². The van der Waals surface area contributed by atoms with Gasteiger partial charge in [-0.05, 0) is 27.7 Å². The number of aliphatic hydroxyl groups is 2. The summed E-state index contributed by atoms with van der Waals surface area (Å²) in [7, 11) is 11.7. The average molecular weight is 750 g/mol. The summed E-state index contributed by atoms with van der Waals surface area (Å²) in [5.74, 6) is 0.649. The topological polar surface area (TPSA) is 181 Å². The van der Waals surface area contributed by atoms with Crippen molar-refractivity contribution in [1.29, 1.82) is 10.5 Å². The third kappa shape index (κ3) is 10.8. The molecule has 2 aromatic carbocycles. The largest absolute Gasteiger partial charge is 0.480 e. The minimum atomic E-state index is -0.390. The first kappa shape index (κ1) is 45.6. The molecule has 2 N–H and O–H groups in total. The zero-order valence-corrected chi connectivity index (χ0v) is 32.0. The first-order valence-electron chi connectivity index (χ1n) is 15.1. The van der Waals surface area contributed by atoms with Gasteiger partial charge < -0.3 is 19.7 Å². The van der Waals surface area contributed by atoms with Crippen LogP contribution in [0.5, 0.6) is 11.8 Å². The summed E-state index contributed by atoms with van der Waals surface area (Å²) in [4.78, 5) is 24.3. The predicted molar refractivity (Wildman–Crippen MR) is 190 cm³/mol. The third-order valence-corrected chi connectivity index (χ3v) is 7.44. The van der Waals surface area contributed by atoms with Gasteiger partial charge in [-0.3, -0.25) is 18.7 Å². The maximum absolute atomic E-state index is 12.2. The van der Waals surface area contributed by atoms with E-state index in [9.17, 15) is 20.1 Å². The Kier molecular flexibility index (Phi) is 19.3. The Labute approximate surface area is 308 Å². The van der Waals surface area contributed by atoms with Crippen LogP contribution in [0, 0.1) is 50.4 Å². The molecule has 0 fully saturated rings. The predicted octanol–water partition coefficient (Wildman–Crippen LogP) is 5.09. The van der Waals surface area contributed by atoms with Crippen molar-refractivity contribution in [2.24, 2.45) is 24.3 Å². The van der Waals surface area contributed by atoms with Crippen molar-refractivity contribution in [2.45, 2.75) is 27.7 Å². The first-order chi connectivity index (χ1) is 23.8. The number of methoxy groups -OCH3 is 2. The SMILES string of the molecule is CO.CO.COc1c(N=[N+](C)c2ccc(C)cc2)c(C)c(C#N)c(=O)n1C.COc1c(N=[N+](C)c2ccc(C)cc2)c(C)c(C#N)c(=O)n1C.[Cu]. The van der Waals surface area contributed by atoms with Crippen LogP contribution in [0.4, 0.5) is 22.7 Å². The summed E-state index contributed by atoms with van der Waals surface area (Å²) in [5, 5.41) is 41.5. The minimum Gasteiger partial charge on any atom is -0.480 e. The normalized spacial score (nSPS) is 10.4. The number of rotatable bonds is 6. The fourth-order valence-corrected chi connectivity index (χ4v) is 4.62.